The van der Waals surface area contributed by atoms with Crippen LogP contribution < -0.4 is 0 Å². The van der Waals surface area contributed by atoms with Gasteiger partial charge in [-0.25, -0.2) is 4.79 Å². The second kappa shape index (κ2) is 5.72. The molecule has 0 atom stereocenters. The lowest BCUT2D eigenvalue weighted by atomic mass is 9.80. The fraction of sp³-hybridized carbons (Fsp3) is 0.444. The number of aryl methyl sites for hydroxylation is 1. The van der Waals surface area contributed by atoms with Crippen molar-refractivity contribution < 1.29 is 14.7 Å². The van der Waals surface area contributed by atoms with E-state index in [2.05, 4.69) is 4.98 Å². The molecular formula is C18H22N2O3. The number of nitrogens with one attached hydrogen (secondary N) is 1. The van der Waals surface area contributed by atoms with E-state index in [1.165, 1.54) is 4.90 Å². The third kappa shape index (κ3) is 2.60. The number of rotatable bonds is 3. The molecule has 1 aromatic carbocycles. The topological polar surface area (TPSA) is 73.4 Å². The molecule has 1 fully saturated rings. The summed E-state index contributed by atoms with van der Waals surface area (Å²) in [5.74, 6) is -1.16. The third-order valence-corrected chi connectivity index (χ3v) is 5.03. The molecule has 3 rings (SSSR count). The smallest absolute Gasteiger partial charge is 0.329 e. The van der Waals surface area contributed by atoms with Crippen LogP contribution in [0, 0.1) is 6.92 Å². The number of benzene rings is 1. The van der Waals surface area contributed by atoms with Crippen molar-refractivity contribution in [2.45, 2.75) is 44.6 Å². The summed E-state index contributed by atoms with van der Waals surface area (Å²) in [6.07, 6.45) is 3.75. The van der Waals surface area contributed by atoms with Crippen molar-refractivity contribution in [3.63, 3.8) is 0 Å². The summed E-state index contributed by atoms with van der Waals surface area (Å²) >= 11 is 0. The van der Waals surface area contributed by atoms with Gasteiger partial charge in [0.25, 0.3) is 5.91 Å². The quantitative estimate of drug-likeness (QED) is 0.912. The van der Waals surface area contributed by atoms with Gasteiger partial charge in [0.05, 0.1) is 0 Å². The number of amides is 1. The van der Waals surface area contributed by atoms with Crippen LogP contribution >= 0.6 is 0 Å². The number of nitrogens with zero attached hydrogens (tertiary/aromatic N) is 1. The maximum absolute atomic E-state index is 12.8. The number of carboxylic acid groups (broad SMARTS) is 1. The van der Waals surface area contributed by atoms with E-state index in [9.17, 15) is 14.7 Å². The average molecular weight is 314 g/mol. The predicted octanol–water partition coefficient (Wildman–Crippen LogP) is 3.34. The largest absolute Gasteiger partial charge is 0.479 e. The van der Waals surface area contributed by atoms with Gasteiger partial charge in [-0.15, -0.1) is 0 Å². The van der Waals surface area contributed by atoms with Gasteiger partial charge >= 0.3 is 5.97 Å². The standard InChI is InChI=1S/C18H22N2O3/c1-12-6-7-13-11-15(19-14(13)10-12)16(21)20(2)18(17(22)23)8-4-3-5-9-18/h6-7,10-11,19H,3-5,8-9H2,1-2H3,(H,22,23). The van der Waals surface area contributed by atoms with E-state index >= 15 is 0 Å². The summed E-state index contributed by atoms with van der Waals surface area (Å²) in [7, 11) is 1.61. The van der Waals surface area contributed by atoms with Crippen LogP contribution in [0.5, 0.6) is 0 Å². The highest BCUT2D eigenvalue weighted by Crippen LogP contribution is 2.34. The van der Waals surface area contributed by atoms with E-state index in [-0.39, 0.29) is 5.91 Å². The average Bonchev–Trinajstić information content (AvgIpc) is 2.97. The predicted molar refractivity (Wildman–Crippen MR) is 88.6 cm³/mol. The summed E-state index contributed by atoms with van der Waals surface area (Å²) in [5, 5.41) is 10.7. The molecule has 5 heteroatoms. The number of fused-ring (bicyclic) bond motifs is 1. The van der Waals surface area contributed by atoms with E-state index in [0.29, 0.717) is 18.5 Å². The molecule has 0 radical (unpaired) electrons. The first-order valence-electron chi connectivity index (χ1n) is 8.05. The molecule has 23 heavy (non-hydrogen) atoms. The van der Waals surface area contributed by atoms with Gasteiger partial charge in [0.1, 0.15) is 11.2 Å². The minimum absolute atomic E-state index is 0.261. The van der Waals surface area contributed by atoms with Gasteiger partial charge in [-0.3, -0.25) is 4.79 Å². The van der Waals surface area contributed by atoms with Gasteiger partial charge in [0.2, 0.25) is 0 Å². The lowest BCUT2D eigenvalue weighted by molar-refractivity contribution is -0.151. The molecule has 1 aromatic heterocycles. The third-order valence-electron chi connectivity index (χ3n) is 5.03. The van der Waals surface area contributed by atoms with Crippen molar-refractivity contribution in [2.75, 3.05) is 7.05 Å². The zero-order valence-electron chi connectivity index (χ0n) is 13.6. The first-order chi connectivity index (χ1) is 10.9. The minimum atomic E-state index is -1.08. The fourth-order valence-electron chi connectivity index (χ4n) is 3.56. The number of hydrogen-bond acceptors (Lipinski definition) is 2. The van der Waals surface area contributed by atoms with Crippen LogP contribution in [0.2, 0.25) is 0 Å². The highest BCUT2D eigenvalue weighted by Gasteiger charge is 2.45. The summed E-state index contributed by atoms with van der Waals surface area (Å²) in [5.41, 5.74) is 1.37. The number of carbonyl (C=O) groups is 2. The van der Waals surface area contributed by atoms with Gasteiger partial charge in [-0.2, -0.15) is 0 Å². The highest BCUT2D eigenvalue weighted by atomic mass is 16.4. The summed E-state index contributed by atoms with van der Waals surface area (Å²) in [4.78, 5) is 29.3. The van der Waals surface area contributed by atoms with Crippen molar-refractivity contribution in [1.29, 1.82) is 0 Å². The Bertz CT molecular complexity index is 757. The molecule has 2 N–H and O–H groups in total. The molecular weight excluding hydrogens is 292 g/mol. The van der Waals surface area contributed by atoms with Crippen molar-refractivity contribution in [3.8, 4) is 0 Å². The zero-order chi connectivity index (χ0) is 16.6. The number of H-pyrrole nitrogens is 1. The molecule has 0 saturated heterocycles. The van der Waals surface area contributed by atoms with Gasteiger partial charge < -0.3 is 15.0 Å². The fourth-order valence-corrected chi connectivity index (χ4v) is 3.56. The van der Waals surface area contributed by atoms with Gasteiger partial charge in [0, 0.05) is 18.0 Å². The first kappa shape index (κ1) is 15.6. The molecule has 0 bridgehead atoms. The Balaban J connectivity index is 1.94. The molecule has 1 aliphatic carbocycles. The Morgan fingerprint density at radius 3 is 2.52 bits per heavy atom. The van der Waals surface area contributed by atoms with Crippen LogP contribution in [-0.4, -0.2) is 39.5 Å². The SMILES string of the molecule is Cc1ccc2cc(C(=O)N(C)C3(C(=O)O)CCCCC3)[nH]c2c1. The molecule has 0 spiro atoms. The molecule has 122 valence electrons. The monoisotopic (exact) mass is 314 g/mol. The highest BCUT2D eigenvalue weighted by molar-refractivity contribution is 6.00. The Hall–Kier alpha value is -2.30. The molecule has 1 saturated carbocycles. The lowest BCUT2D eigenvalue weighted by Gasteiger charge is -2.40. The number of hydrogen-bond donors (Lipinski definition) is 2. The van der Waals surface area contributed by atoms with Crippen LogP contribution in [0.4, 0.5) is 0 Å². The van der Waals surface area contributed by atoms with E-state index in [0.717, 1.165) is 35.7 Å². The Morgan fingerprint density at radius 2 is 1.87 bits per heavy atom. The Morgan fingerprint density at radius 1 is 1.17 bits per heavy atom. The van der Waals surface area contributed by atoms with Gasteiger partial charge in [-0.05, 0) is 37.5 Å². The summed E-state index contributed by atoms with van der Waals surface area (Å²) in [6, 6.07) is 7.74. The number of likely N-dealkylation sites (N-methyl/N-ethyl adjacent to an activating group) is 1. The van der Waals surface area contributed by atoms with Crippen LogP contribution in [0.3, 0.4) is 0 Å². The molecule has 5 nitrogen and oxygen atoms in total. The van der Waals surface area contributed by atoms with Crippen LogP contribution in [0.1, 0.15) is 48.2 Å². The van der Waals surface area contributed by atoms with Crippen molar-refractivity contribution in [2.24, 2.45) is 0 Å². The maximum atomic E-state index is 12.8. The molecule has 2 aromatic rings. The van der Waals surface area contributed by atoms with Crippen LogP contribution in [-0.2, 0) is 4.79 Å². The van der Waals surface area contributed by atoms with E-state index < -0.39 is 11.5 Å². The molecule has 1 aliphatic rings. The van der Waals surface area contributed by atoms with E-state index in [1.807, 2.05) is 25.1 Å². The first-order valence-corrected chi connectivity index (χ1v) is 8.05. The summed E-state index contributed by atoms with van der Waals surface area (Å²) in [6.45, 7) is 2.00. The summed E-state index contributed by atoms with van der Waals surface area (Å²) < 4.78 is 0. The number of carboxylic acids is 1. The number of aromatic amines is 1. The van der Waals surface area contributed by atoms with Gasteiger partial charge in [0.15, 0.2) is 0 Å². The lowest BCUT2D eigenvalue weighted by Crippen LogP contribution is -2.56. The maximum Gasteiger partial charge on any atom is 0.329 e. The van der Waals surface area contributed by atoms with Crippen molar-refractivity contribution >= 4 is 22.8 Å². The second-order valence-corrected chi connectivity index (χ2v) is 6.54. The zero-order valence-corrected chi connectivity index (χ0v) is 13.6. The van der Waals surface area contributed by atoms with Crippen LogP contribution in [0.15, 0.2) is 24.3 Å². The molecule has 1 heterocycles. The molecule has 0 aliphatic heterocycles. The van der Waals surface area contributed by atoms with E-state index in [4.69, 9.17) is 0 Å². The normalized spacial score (nSPS) is 17.1. The Labute approximate surface area is 135 Å². The minimum Gasteiger partial charge on any atom is -0.479 e. The number of carbonyl (C=O) groups excluding carboxylic acids is 1. The van der Waals surface area contributed by atoms with E-state index in [1.54, 1.807) is 13.1 Å². The molecule has 0 unspecified atom stereocenters. The number of aliphatic carboxylic acids is 1. The van der Waals surface area contributed by atoms with Crippen molar-refractivity contribution in [1.82, 2.24) is 9.88 Å². The Kier molecular flexibility index (Phi) is 3.88. The molecule has 1 amide bonds. The van der Waals surface area contributed by atoms with Crippen LogP contribution in [0.25, 0.3) is 10.9 Å². The van der Waals surface area contributed by atoms with Crippen molar-refractivity contribution in [3.05, 3.63) is 35.5 Å². The van der Waals surface area contributed by atoms with Gasteiger partial charge in [-0.1, -0.05) is 31.4 Å². The number of aromatic nitrogens is 1. The second-order valence-electron chi connectivity index (χ2n) is 6.54.